The van der Waals surface area contributed by atoms with E-state index in [1.807, 2.05) is 32.0 Å². The number of aromatic nitrogens is 4. The fourth-order valence-electron chi connectivity index (χ4n) is 2.63. The van der Waals surface area contributed by atoms with E-state index in [1.165, 1.54) is 0 Å². The van der Waals surface area contributed by atoms with Crippen LogP contribution in [0.4, 0.5) is 11.9 Å². The van der Waals surface area contributed by atoms with Crippen LogP contribution in [0.25, 0.3) is 10.9 Å². The van der Waals surface area contributed by atoms with Crippen LogP contribution >= 0.6 is 0 Å². The highest BCUT2D eigenvalue weighted by Crippen LogP contribution is 2.19. The Morgan fingerprint density at radius 3 is 2.62 bits per heavy atom. The summed E-state index contributed by atoms with van der Waals surface area (Å²) in [6, 6.07) is 5.98. The zero-order valence-corrected chi connectivity index (χ0v) is 13.8. The van der Waals surface area contributed by atoms with Gasteiger partial charge < -0.3 is 5.11 Å². The Hall–Kier alpha value is -2.80. The lowest BCUT2D eigenvalue weighted by Crippen LogP contribution is -2.19. The Labute approximate surface area is 138 Å². The number of nitrogens with zero attached hydrogens (tertiary/aromatic N) is 3. The van der Waals surface area contributed by atoms with Gasteiger partial charge in [0.2, 0.25) is 11.9 Å². The summed E-state index contributed by atoms with van der Waals surface area (Å²) in [5.41, 5.74) is 3.61. The van der Waals surface area contributed by atoms with Gasteiger partial charge in [-0.2, -0.15) is 0 Å². The summed E-state index contributed by atoms with van der Waals surface area (Å²) in [7, 11) is 0. The largest absolute Gasteiger partial charge is 0.396 e. The number of fused-ring (bicyclic) bond motifs is 1. The van der Waals surface area contributed by atoms with Crippen molar-refractivity contribution >= 4 is 22.8 Å². The molecule has 2 heterocycles. The maximum absolute atomic E-state index is 12.1. The second kappa shape index (κ2) is 6.37. The highest BCUT2D eigenvalue weighted by atomic mass is 16.3. The van der Waals surface area contributed by atoms with Crippen molar-refractivity contribution in [2.45, 2.75) is 27.2 Å². The molecule has 0 atom stereocenters. The van der Waals surface area contributed by atoms with E-state index in [1.54, 1.807) is 6.92 Å². The van der Waals surface area contributed by atoms with E-state index in [9.17, 15) is 4.79 Å². The zero-order valence-electron chi connectivity index (χ0n) is 13.8. The standard InChI is InChI=1S/C17H19N5O2/c1-9-4-5-14-13(8-9)11(3)19-16(20-14)22-17-18-10(2)12(6-7-23)15(24)21-17/h4-5,8,23H,6-7H2,1-3H3,(H2,18,19,20,21,22,24). The van der Waals surface area contributed by atoms with Gasteiger partial charge in [0.05, 0.1) is 16.9 Å². The van der Waals surface area contributed by atoms with Gasteiger partial charge in [0.25, 0.3) is 5.56 Å². The summed E-state index contributed by atoms with van der Waals surface area (Å²) < 4.78 is 0. The molecule has 0 aliphatic rings. The van der Waals surface area contributed by atoms with E-state index in [2.05, 4.69) is 25.3 Å². The average Bonchev–Trinajstić information content (AvgIpc) is 2.52. The molecule has 0 saturated carbocycles. The number of benzene rings is 1. The first kappa shape index (κ1) is 16.1. The quantitative estimate of drug-likeness (QED) is 0.677. The summed E-state index contributed by atoms with van der Waals surface area (Å²) in [5, 5.41) is 13.0. The molecule has 0 spiro atoms. The number of H-pyrrole nitrogens is 1. The van der Waals surface area contributed by atoms with Crippen molar-refractivity contribution in [3.05, 3.63) is 51.1 Å². The molecule has 0 fully saturated rings. The third-order valence-corrected chi connectivity index (χ3v) is 3.86. The van der Waals surface area contributed by atoms with Gasteiger partial charge in [0, 0.05) is 24.0 Å². The Balaban J connectivity index is 1.98. The number of rotatable bonds is 4. The zero-order chi connectivity index (χ0) is 17.3. The van der Waals surface area contributed by atoms with Crippen molar-refractivity contribution in [1.82, 2.24) is 19.9 Å². The lowest BCUT2D eigenvalue weighted by Gasteiger charge is -2.09. The maximum atomic E-state index is 12.1. The lowest BCUT2D eigenvalue weighted by molar-refractivity contribution is 0.298. The first-order chi connectivity index (χ1) is 11.5. The second-order valence-electron chi connectivity index (χ2n) is 5.73. The Morgan fingerprint density at radius 1 is 1.12 bits per heavy atom. The molecule has 0 aliphatic heterocycles. The van der Waals surface area contributed by atoms with Gasteiger partial charge >= 0.3 is 0 Å². The minimum absolute atomic E-state index is 0.0925. The third-order valence-electron chi connectivity index (χ3n) is 3.86. The van der Waals surface area contributed by atoms with Crippen LogP contribution < -0.4 is 10.9 Å². The normalized spacial score (nSPS) is 11.0. The highest BCUT2D eigenvalue weighted by molar-refractivity contribution is 5.82. The summed E-state index contributed by atoms with van der Waals surface area (Å²) in [6.45, 7) is 5.59. The van der Waals surface area contributed by atoms with Crippen molar-refractivity contribution in [3.63, 3.8) is 0 Å². The number of nitrogens with one attached hydrogen (secondary N) is 2. The first-order valence-corrected chi connectivity index (χ1v) is 7.70. The van der Waals surface area contributed by atoms with E-state index >= 15 is 0 Å². The summed E-state index contributed by atoms with van der Waals surface area (Å²) in [5.74, 6) is 0.659. The summed E-state index contributed by atoms with van der Waals surface area (Å²) in [4.78, 5) is 27.9. The molecule has 0 radical (unpaired) electrons. The van der Waals surface area contributed by atoms with E-state index in [0.717, 1.165) is 22.2 Å². The van der Waals surface area contributed by atoms with Gasteiger partial charge in [-0.25, -0.2) is 15.0 Å². The fourth-order valence-corrected chi connectivity index (χ4v) is 2.63. The topological polar surface area (TPSA) is 104 Å². The minimum Gasteiger partial charge on any atom is -0.396 e. The SMILES string of the molecule is Cc1ccc2nc(Nc3nc(C)c(CCO)c(=O)[nH]3)nc(C)c2c1. The molecule has 124 valence electrons. The molecular formula is C17H19N5O2. The van der Waals surface area contributed by atoms with Crippen LogP contribution in [0.2, 0.25) is 0 Å². The third kappa shape index (κ3) is 3.11. The van der Waals surface area contributed by atoms with Gasteiger partial charge in [-0.1, -0.05) is 11.6 Å². The van der Waals surface area contributed by atoms with Gasteiger partial charge in [0.1, 0.15) is 0 Å². The average molecular weight is 325 g/mol. The first-order valence-electron chi connectivity index (χ1n) is 7.70. The van der Waals surface area contributed by atoms with Gasteiger partial charge in [-0.05, 0) is 32.9 Å². The molecule has 0 unspecified atom stereocenters. The van der Waals surface area contributed by atoms with E-state index < -0.39 is 0 Å². The fraction of sp³-hybridized carbons (Fsp3) is 0.294. The number of aromatic amines is 1. The number of anilines is 2. The predicted molar refractivity (Wildman–Crippen MR) is 92.7 cm³/mol. The Kier molecular flexibility index (Phi) is 4.26. The van der Waals surface area contributed by atoms with Crippen LogP contribution in [0.1, 0.15) is 22.5 Å². The van der Waals surface area contributed by atoms with Crippen molar-refractivity contribution < 1.29 is 5.11 Å². The molecule has 3 N–H and O–H groups in total. The van der Waals surface area contributed by atoms with Crippen LogP contribution in [-0.2, 0) is 6.42 Å². The summed E-state index contributed by atoms with van der Waals surface area (Å²) in [6.07, 6.45) is 0.277. The molecule has 0 saturated heterocycles. The number of aryl methyl sites for hydroxylation is 3. The van der Waals surface area contributed by atoms with Crippen molar-refractivity contribution in [2.75, 3.05) is 11.9 Å². The van der Waals surface area contributed by atoms with Crippen molar-refractivity contribution in [1.29, 1.82) is 0 Å². The van der Waals surface area contributed by atoms with E-state index in [4.69, 9.17) is 5.11 Å². The molecule has 3 rings (SSSR count). The molecule has 24 heavy (non-hydrogen) atoms. The van der Waals surface area contributed by atoms with Crippen LogP contribution in [-0.4, -0.2) is 31.6 Å². The van der Waals surface area contributed by atoms with Crippen LogP contribution in [0.15, 0.2) is 23.0 Å². The van der Waals surface area contributed by atoms with Gasteiger partial charge in [-0.15, -0.1) is 0 Å². The maximum Gasteiger partial charge on any atom is 0.255 e. The molecule has 0 amide bonds. The monoisotopic (exact) mass is 325 g/mol. The lowest BCUT2D eigenvalue weighted by atomic mass is 10.1. The molecule has 3 aromatic rings. The smallest absolute Gasteiger partial charge is 0.255 e. The molecule has 1 aromatic carbocycles. The Bertz CT molecular complexity index is 965. The molecule has 2 aromatic heterocycles. The van der Waals surface area contributed by atoms with Gasteiger partial charge in [-0.3, -0.25) is 15.1 Å². The highest BCUT2D eigenvalue weighted by Gasteiger charge is 2.10. The van der Waals surface area contributed by atoms with E-state index in [-0.39, 0.29) is 24.5 Å². The molecular weight excluding hydrogens is 306 g/mol. The number of hydrogen-bond donors (Lipinski definition) is 3. The molecule has 0 aliphatic carbocycles. The van der Waals surface area contributed by atoms with Gasteiger partial charge in [0.15, 0.2) is 0 Å². The Morgan fingerprint density at radius 2 is 1.92 bits per heavy atom. The predicted octanol–water partition coefficient (Wildman–Crippen LogP) is 1.92. The molecule has 7 heteroatoms. The van der Waals surface area contributed by atoms with Crippen LogP contribution in [0.3, 0.4) is 0 Å². The summed E-state index contributed by atoms with van der Waals surface area (Å²) >= 11 is 0. The molecule has 7 nitrogen and oxygen atoms in total. The second-order valence-corrected chi connectivity index (χ2v) is 5.73. The van der Waals surface area contributed by atoms with Crippen molar-refractivity contribution in [2.24, 2.45) is 0 Å². The van der Waals surface area contributed by atoms with Crippen LogP contribution in [0.5, 0.6) is 0 Å². The minimum atomic E-state index is -0.271. The number of hydrogen-bond acceptors (Lipinski definition) is 6. The number of aliphatic hydroxyl groups is 1. The molecule has 0 bridgehead atoms. The van der Waals surface area contributed by atoms with Crippen molar-refractivity contribution in [3.8, 4) is 0 Å². The van der Waals surface area contributed by atoms with Crippen LogP contribution in [0, 0.1) is 20.8 Å². The number of aliphatic hydroxyl groups excluding tert-OH is 1. The van der Waals surface area contributed by atoms with E-state index in [0.29, 0.717) is 17.2 Å².